The molecule has 1 aromatic heterocycles. The maximum absolute atomic E-state index is 12.6. The molecule has 0 saturated heterocycles. The average Bonchev–Trinajstić information content (AvgIpc) is 2.56. The molecule has 1 saturated carbocycles. The Kier molecular flexibility index (Phi) is 6.97. The summed E-state index contributed by atoms with van der Waals surface area (Å²) in [5.41, 5.74) is 1.04. The van der Waals surface area contributed by atoms with Crippen molar-refractivity contribution in [3.05, 3.63) is 23.9 Å². The largest absolute Gasteiger partial charge is 0.344 e. The highest BCUT2D eigenvalue weighted by molar-refractivity contribution is 5.96. The van der Waals surface area contributed by atoms with Crippen molar-refractivity contribution in [2.75, 3.05) is 5.32 Å². The summed E-state index contributed by atoms with van der Waals surface area (Å²) in [6.45, 7) is 8.29. The second-order valence-electron chi connectivity index (χ2n) is 7.86. The molecule has 0 bridgehead atoms. The molecular formula is C20H31N3O2. The van der Waals surface area contributed by atoms with Gasteiger partial charge in [0.15, 0.2) is 0 Å². The molecule has 5 nitrogen and oxygen atoms in total. The maximum Gasteiger partial charge on any atom is 0.248 e. The smallest absolute Gasteiger partial charge is 0.248 e. The van der Waals surface area contributed by atoms with Crippen LogP contribution in [0.15, 0.2) is 18.3 Å². The van der Waals surface area contributed by atoms with Crippen LogP contribution < -0.4 is 10.6 Å². The number of nitrogens with one attached hydrogen (secondary N) is 2. The van der Waals surface area contributed by atoms with Crippen LogP contribution in [0.5, 0.6) is 0 Å². The highest BCUT2D eigenvalue weighted by Gasteiger charge is 2.28. The van der Waals surface area contributed by atoms with Crippen LogP contribution in [0.2, 0.25) is 0 Å². The SMILES string of the molecule is Cc1ccc(NC(=O)[C@@H](CC(C)C)NC(=O)C2CCC(C)CC2)nc1. The minimum absolute atomic E-state index is 0.0181. The van der Waals surface area contributed by atoms with Crippen LogP contribution in [0.25, 0.3) is 0 Å². The summed E-state index contributed by atoms with van der Waals surface area (Å²) in [7, 11) is 0. The van der Waals surface area contributed by atoms with E-state index >= 15 is 0 Å². The van der Waals surface area contributed by atoms with Crippen LogP contribution >= 0.6 is 0 Å². The highest BCUT2D eigenvalue weighted by atomic mass is 16.2. The highest BCUT2D eigenvalue weighted by Crippen LogP contribution is 2.28. The first-order chi connectivity index (χ1) is 11.8. The molecule has 1 aromatic rings. The van der Waals surface area contributed by atoms with Crippen molar-refractivity contribution in [1.82, 2.24) is 10.3 Å². The van der Waals surface area contributed by atoms with E-state index in [4.69, 9.17) is 0 Å². The number of anilines is 1. The van der Waals surface area contributed by atoms with E-state index in [0.717, 1.165) is 31.2 Å². The molecule has 0 aliphatic heterocycles. The molecule has 0 unspecified atom stereocenters. The van der Waals surface area contributed by atoms with Gasteiger partial charge in [-0.3, -0.25) is 9.59 Å². The molecule has 25 heavy (non-hydrogen) atoms. The lowest BCUT2D eigenvalue weighted by Crippen LogP contribution is -2.47. The first-order valence-electron chi connectivity index (χ1n) is 9.39. The number of hydrogen-bond donors (Lipinski definition) is 2. The van der Waals surface area contributed by atoms with Gasteiger partial charge in [0.05, 0.1) is 0 Å². The molecule has 0 radical (unpaired) electrons. The third-order valence-electron chi connectivity index (χ3n) is 4.89. The normalized spacial score (nSPS) is 21.6. The molecule has 0 spiro atoms. The summed E-state index contributed by atoms with van der Waals surface area (Å²) >= 11 is 0. The van der Waals surface area contributed by atoms with Gasteiger partial charge in [-0.2, -0.15) is 0 Å². The molecule has 1 fully saturated rings. The predicted octanol–water partition coefficient (Wildman–Crippen LogP) is 3.69. The van der Waals surface area contributed by atoms with E-state index in [1.165, 1.54) is 0 Å². The van der Waals surface area contributed by atoms with E-state index in [-0.39, 0.29) is 17.7 Å². The number of rotatable bonds is 6. The Morgan fingerprint density at radius 2 is 1.88 bits per heavy atom. The van der Waals surface area contributed by atoms with Crippen molar-refractivity contribution >= 4 is 17.6 Å². The summed E-state index contributed by atoms with van der Waals surface area (Å²) in [6.07, 6.45) is 6.35. The molecular weight excluding hydrogens is 314 g/mol. The van der Waals surface area contributed by atoms with E-state index in [1.54, 1.807) is 12.3 Å². The average molecular weight is 345 g/mol. The van der Waals surface area contributed by atoms with E-state index in [1.807, 2.05) is 13.0 Å². The molecule has 1 aliphatic carbocycles. The number of aromatic nitrogens is 1. The van der Waals surface area contributed by atoms with Gasteiger partial charge in [-0.25, -0.2) is 4.98 Å². The van der Waals surface area contributed by atoms with Crippen molar-refractivity contribution in [3.63, 3.8) is 0 Å². The van der Waals surface area contributed by atoms with Gasteiger partial charge in [0.25, 0.3) is 0 Å². The zero-order chi connectivity index (χ0) is 18.4. The van der Waals surface area contributed by atoms with Gasteiger partial charge in [0, 0.05) is 12.1 Å². The van der Waals surface area contributed by atoms with Crippen LogP contribution in [0, 0.1) is 24.7 Å². The Hall–Kier alpha value is -1.91. The molecule has 1 aliphatic rings. The molecule has 2 N–H and O–H groups in total. The number of hydrogen-bond acceptors (Lipinski definition) is 3. The fourth-order valence-corrected chi connectivity index (χ4v) is 3.27. The van der Waals surface area contributed by atoms with Crippen molar-refractivity contribution in [2.24, 2.45) is 17.8 Å². The molecule has 138 valence electrons. The number of nitrogens with zero attached hydrogens (tertiary/aromatic N) is 1. The molecule has 5 heteroatoms. The molecule has 1 atom stereocenters. The van der Waals surface area contributed by atoms with Gasteiger partial charge in [0.1, 0.15) is 11.9 Å². The number of carbonyl (C=O) groups excluding carboxylic acids is 2. The van der Waals surface area contributed by atoms with Gasteiger partial charge in [-0.15, -0.1) is 0 Å². The number of aryl methyl sites for hydroxylation is 1. The van der Waals surface area contributed by atoms with Gasteiger partial charge >= 0.3 is 0 Å². The van der Waals surface area contributed by atoms with E-state index < -0.39 is 6.04 Å². The summed E-state index contributed by atoms with van der Waals surface area (Å²) < 4.78 is 0. The lowest BCUT2D eigenvalue weighted by molar-refractivity contribution is -0.130. The van der Waals surface area contributed by atoms with Crippen molar-refractivity contribution in [2.45, 2.75) is 65.8 Å². The van der Waals surface area contributed by atoms with Crippen molar-refractivity contribution < 1.29 is 9.59 Å². The van der Waals surface area contributed by atoms with E-state index in [9.17, 15) is 9.59 Å². The zero-order valence-corrected chi connectivity index (χ0v) is 15.8. The van der Waals surface area contributed by atoms with Gasteiger partial charge < -0.3 is 10.6 Å². The van der Waals surface area contributed by atoms with E-state index in [2.05, 4.69) is 36.4 Å². The summed E-state index contributed by atoms with van der Waals surface area (Å²) in [5, 5.41) is 5.81. The maximum atomic E-state index is 12.6. The molecule has 1 heterocycles. The Balaban J connectivity index is 1.98. The lowest BCUT2D eigenvalue weighted by Gasteiger charge is -2.27. The predicted molar refractivity (Wildman–Crippen MR) is 100 cm³/mol. The molecule has 2 amide bonds. The first-order valence-corrected chi connectivity index (χ1v) is 9.39. The van der Waals surface area contributed by atoms with Crippen LogP contribution in [0.1, 0.15) is 58.4 Å². The summed E-state index contributed by atoms with van der Waals surface area (Å²) in [6, 6.07) is 3.17. The van der Waals surface area contributed by atoms with E-state index in [0.29, 0.717) is 24.1 Å². The number of carbonyl (C=O) groups is 2. The molecule has 2 rings (SSSR count). The van der Waals surface area contributed by atoms with Crippen molar-refractivity contribution in [3.8, 4) is 0 Å². The van der Waals surface area contributed by atoms with Crippen LogP contribution in [0.4, 0.5) is 5.82 Å². The lowest BCUT2D eigenvalue weighted by atomic mass is 9.82. The minimum atomic E-state index is -0.519. The van der Waals surface area contributed by atoms with Crippen molar-refractivity contribution in [1.29, 1.82) is 0 Å². The third-order valence-corrected chi connectivity index (χ3v) is 4.89. The standard InChI is InChI=1S/C20H31N3O2/c1-13(2)11-17(20(25)23-18-10-7-15(4)12-21-18)22-19(24)16-8-5-14(3)6-9-16/h7,10,12-14,16-17H,5-6,8-9,11H2,1-4H3,(H,22,24)(H,21,23,25)/t14?,16?,17-/m1/s1. The molecule has 0 aromatic carbocycles. The van der Waals surface area contributed by atoms with Gasteiger partial charge in [-0.1, -0.05) is 26.8 Å². The quantitative estimate of drug-likeness (QED) is 0.826. The summed E-state index contributed by atoms with van der Waals surface area (Å²) in [4.78, 5) is 29.4. The minimum Gasteiger partial charge on any atom is -0.344 e. The Labute approximate surface area is 151 Å². The first kappa shape index (κ1) is 19.4. The topological polar surface area (TPSA) is 71.1 Å². The zero-order valence-electron chi connectivity index (χ0n) is 15.8. The van der Waals surface area contributed by atoms with Gasteiger partial charge in [-0.05, 0) is 62.5 Å². The number of amides is 2. The third kappa shape index (κ3) is 6.15. The summed E-state index contributed by atoms with van der Waals surface area (Å²) in [5.74, 6) is 1.40. The van der Waals surface area contributed by atoms with Crippen LogP contribution in [0.3, 0.4) is 0 Å². The fraction of sp³-hybridized carbons (Fsp3) is 0.650. The number of pyridine rings is 1. The monoisotopic (exact) mass is 345 g/mol. The Morgan fingerprint density at radius 3 is 2.44 bits per heavy atom. The Morgan fingerprint density at radius 1 is 1.20 bits per heavy atom. The second kappa shape index (κ2) is 8.97. The second-order valence-corrected chi connectivity index (χ2v) is 7.86. The van der Waals surface area contributed by atoms with Gasteiger partial charge in [0.2, 0.25) is 11.8 Å². The Bertz CT molecular complexity index is 575. The van der Waals surface area contributed by atoms with Crippen LogP contribution in [-0.4, -0.2) is 22.8 Å². The fourth-order valence-electron chi connectivity index (χ4n) is 3.27. The van der Waals surface area contributed by atoms with Crippen LogP contribution in [-0.2, 0) is 9.59 Å².